The summed E-state index contributed by atoms with van der Waals surface area (Å²) in [7, 11) is 0. The van der Waals surface area contributed by atoms with Gasteiger partial charge in [0.1, 0.15) is 5.54 Å². The minimum atomic E-state index is -0.614. The molecule has 0 spiro atoms. The number of nitrogens with two attached hydrogens (primary N) is 1. The zero-order valence-electron chi connectivity index (χ0n) is 19.8. The molecule has 0 bridgehead atoms. The number of likely N-dealkylation sites (tertiary alicyclic amines) is 2. The van der Waals surface area contributed by atoms with Gasteiger partial charge in [-0.25, -0.2) is 4.79 Å². The minimum absolute atomic E-state index is 0.0948. The Bertz CT molecular complexity index is 1140. The maximum Gasteiger partial charge on any atom is 0.328 e. The number of nitrogens with zero attached hydrogens (tertiary/aromatic N) is 3. The van der Waals surface area contributed by atoms with Crippen LogP contribution in [0.1, 0.15) is 57.8 Å². The predicted octanol–water partition coefficient (Wildman–Crippen LogP) is 1.58. The summed E-state index contributed by atoms with van der Waals surface area (Å²) in [5.74, 6) is -0.169. The smallest absolute Gasteiger partial charge is 0.328 e. The standard InChI is InChI=1S/C25H35N5O4/c26-23(33)25(29-14-6-2-7-15-29)12-17-28(18-13-25)21(31)11-3-1-8-16-30-22(32)19-9-4-5-10-20(19)27-24(30)34/h4-5,9-10H,1-3,6-8,11-18H2,(H2,26,33)(H,27,34). The van der Waals surface area contributed by atoms with Gasteiger partial charge >= 0.3 is 5.69 Å². The molecule has 9 heteroatoms. The number of carbonyl (C=O) groups is 2. The van der Waals surface area contributed by atoms with Crippen LogP contribution in [0.4, 0.5) is 0 Å². The lowest BCUT2D eigenvalue weighted by atomic mass is 9.83. The number of piperidine rings is 2. The van der Waals surface area contributed by atoms with Gasteiger partial charge in [0.2, 0.25) is 11.8 Å². The molecule has 9 nitrogen and oxygen atoms in total. The number of primary amides is 1. The van der Waals surface area contributed by atoms with Crippen molar-refractivity contribution in [1.82, 2.24) is 19.4 Å². The van der Waals surface area contributed by atoms with Crippen LogP contribution >= 0.6 is 0 Å². The van der Waals surface area contributed by atoms with Crippen molar-refractivity contribution in [3.8, 4) is 0 Å². The molecule has 0 atom stereocenters. The Morgan fingerprint density at radius 2 is 1.65 bits per heavy atom. The Kier molecular flexibility index (Phi) is 7.50. The third-order valence-corrected chi connectivity index (χ3v) is 7.53. The average Bonchev–Trinajstić information content (AvgIpc) is 2.86. The first-order chi connectivity index (χ1) is 16.4. The van der Waals surface area contributed by atoms with E-state index in [1.54, 1.807) is 24.3 Å². The van der Waals surface area contributed by atoms with E-state index in [9.17, 15) is 19.2 Å². The summed E-state index contributed by atoms with van der Waals surface area (Å²) in [6.45, 7) is 3.24. The fourth-order valence-electron chi connectivity index (χ4n) is 5.45. The molecule has 2 fully saturated rings. The quantitative estimate of drug-likeness (QED) is 0.569. The van der Waals surface area contributed by atoms with Crippen molar-refractivity contribution in [3.63, 3.8) is 0 Å². The fourth-order valence-corrected chi connectivity index (χ4v) is 5.45. The Hall–Kier alpha value is -2.94. The third-order valence-electron chi connectivity index (χ3n) is 7.53. The Labute approximate surface area is 198 Å². The number of benzene rings is 1. The first-order valence-electron chi connectivity index (χ1n) is 12.5. The van der Waals surface area contributed by atoms with Crippen LogP contribution in [0, 0.1) is 0 Å². The summed E-state index contributed by atoms with van der Waals surface area (Å²) in [6.07, 6.45) is 7.09. The van der Waals surface area contributed by atoms with Crippen LogP contribution in [0.2, 0.25) is 0 Å². The highest BCUT2D eigenvalue weighted by molar-refractivity contribution is 5.85. The molecule has 0 radical (unpaired) electrons. The van der Waals surface area contributed by atoms with Crippen molar-refractivity contribution in [1.29, 1.82) is 0 Å². The van der Waals surface area contributed by atoms with Crippen molar-refractivity contribution >= 4 is 22.7 Å². The molecule has 2 aliphatic rings. The first kappa shape index (κ1) is 24.2. The largest absolute Gasteiger partial charge is 0.368 e. The number of carbonyl (C=O) groups excluding carboxylic acids is 2. The lowest BCUT2D eigenvalue weighted by Gasteiger charge is -2.48. The van der Waals surface area contributed by atoms with Crippen molar-refractivity contribution in [3.05, 3.63) is 45.1 Å². The Balaban J connectivity index is 1.24. The number of amides is 2. The second-order valence-electron chi connectivity index (χ2n) is 9.57. The highest BCUT2D eigenvalue weighted by Gasteiger charge is 2.45. The molecule has 1 aromatic carbocycles. The minimum Gasteiger partial charge on any atom is -0.368 e. The molecule has 2 aromatic rings. The lowest BCUT2D eigenvalue weighted by molar-refractivity contribution is -0.142. The number of unbranched alkanes of at least 4 members (excludes halogenated alkanes) is 2. The number of hydrogen-bond acceptors (Lipinski definition) is 5. The van der Waals surface area contributed by atoms with Crippen LogP contribution in [-0.4, -0.2) is 62.9 Å². The summed E-state index contributed by atoms with van der Waals surface area (Å²) < 4.78 is 1.23. The molecule has 34 heavy (non-hydrogen) atoms. The van der Waals surface area contributed by atoms with E-state index in [-0.39, 0.29) is 17.4 Å². The molecule has 0 aliphatic carbocycles. The first-order valence-corrected chi connectivity index (χ1v) is 12.5. The highest BCUT2D eigenvalue weighted by Crippen LogP contribution is 2.31. The zero-order valence-corrected chi connectivity index (χ0v) is 19.8. The molecule has 3 heterocycles. The Morgan fingerprint density at radius 3 is 2.35 bits per heavy atom. The van der Waals surface area contributed by atoms with Gasteiger partial charge in [0, 0.05) is 26.1 Å². The van der Waals surface area contributed by atoms with E-state index in [1.807, 2.05) is 4.90 Å². The highest BCUT2D eigenvalue weighted by atomic mass is 16.2. The molecule has 2 saturated heterocycles. The molecule has 3 N–H and O–H groups in total. The average molecular weight is 470 g/mol. The SMILES string of the molecule is NC(=O)C1(N2CCCCC2)CCN(C(=O)CCCCCn2c(=O)[nH]c3ccccc3c2=O)CC1. The molecular formula is C25H35N5O4. The van der Waals surface area contributed by atoms with E-state index in [0.717, 1.165) is 32.4 Å². The van der Waals surface area contributed by atoms with E-state index in [2.05, 4.69) is 9.88 Å². The van der Waals surface area contributed by atoms with Crippen LogP contribution in [0.25, 0.3) is 10.9 Å². The van der Waals surface area contributed by atoms with Crippen molar-refractivity contribution in [2.75, 3.05) is 26.2 Å². The number of aromatic nitrogens is 2. The van der Waals surface area contributed by atoms with E-state index >= 15 is 0 Å². The molecule has 2 aliphatic heterocycles. The van der Waals surface area contributed by atoms with E-state index in [1.165, 1.54) is 11.0 Å². The van der Waals surface area contributed by atoms with Gasteiger partial charge in [-0.1, -0.05) is 25.0 Å². The van der Waals surface area contributed by atoms with Crippen molar-refractivity contribution < 1.29 is 9.59 Å². The lowest BCUT2D eigenvalue weighted by Crippen LogP contribution is -2.63. The maximum atomic E-state index is 12.7. The summed E-state index contributed by atoms with van der Waals surface area (Å²) in [5, 5.41) is 0.499. The van der Waals surface area contributed by atoms with Crippen LogP contribution in [0.3, 0.4) is 0 Å². The monoisotopic (exact) mass is 469 g/mol. The molecule has 2 amide bonds. The van der Waals surface area contributed by atoms with Gasteiger partial charge in [-0.2, -0.15) is 0 Å². The summed E-state index contributed by atoms with van der Waals surface area (Å²) in [6, 6.07) is 6.98. The van der Waals surface area contributed by atoms with Crippen LogP contribution < -0.4 is 17.0 Å². The zero-order chi connectivity index (χ0) is 24.1. The second kappa shape index (κ2) is 10.5. The number of aromatic amines is 1. The fraction of sp³-hybridized carbons (Fsp3) is 0.600. The maximum absolute atomic E-state index is 12.7. The second-order valence-corrected chi connectivity index (χ2v) is 9.57. The van der Waals surface area contributed by atoms with Gasteiger partial charge in [-0.15, -0.1) is 0 Å². The van der Waals surface area contributed by atoms with Gasteiger partial charge in [-0.05, 0) is 63.7 Å². The van der Waals surface area contributed by atoms with Crippen LogP contribution in [0.15, 0.2) is 33.9 Å². The van der Waals surface area contributed by atoms with Crippen LogP contribution in [0.5, 0.6) is 0 Å². The summed E-state index contributed by atoms with van der Waals surface area (Å²) >= 11 is 0. The van der Waals surface area contributed by atoms with E-state index in [4.69, 9.17) is 5.73 Å². The molecular weight excluding hydrogens is 434 g/mol. The molecule has 1 aromatic heterocycles. The van der Waals surface area contributed by atoms with Crippen molar-refractivity contribution in [2.24, 2.45) is 5.73 Å². The number of hydrogen-bond donors (Lipinski definition) is 2. The summed E-state index contributed by atoms with van der Waals surface area (Å²) in [5.41, 5.74) is 5.08. The van der Waals surface area contributed by atoms with E-state index < -0.39 is 11.2 Å². The number of H-pyrrole nitrogens is 1. The number of fused-ring (bicyclic) bond motifs is 1. The van der Waals surface area contributed by atoms with Crippen LogP contribution in [-0.2, 0) is 16.1 Å². The number of rotatable bonds is 8. The molecule has 4 rings (SSSR count). The van der Waals surface area contributed by atoms with Crippen molar-refractivity contribution in [2.45, 2.75) is 69.9 Å². The predicted molar refractivity (Wildman–Crippen MR) is 130 cm³/mol. The van der Waals surface area contributed by atoms with Gasteiger partial charge in [0.15, 0.2) is 0 Å². The number of nitrogens with one attached hydrogen (secondary N) is 1. The molecule has 0 unspecified atom stereocenters. The normalized spacial score (nSPS) is 18.8. The van der Waals surface area contributed by atoms with Gasteiger partial charge in [0.05, 0.1) is 10.9 Å². The summed E-state index contributed by atoms with van der Waals surface area (Å²) in [4.78, 5) is 56.8. The number of para-hydroxylation sites is 1. The van der Waals surface area contributed by atoms with Gasteiger partial charge in [0.25, 0.3) is 5.56 Å². The molecule has 0 saturated carbocycles. The molecule has 184 valence electrons. The van der Waals surface area contributed by atoms with Gasteiger partial charge < -0.3 is 15.6 Å². The van der Waals surface area contributed by atoms with Gasteiger partial charge in [-0.3, -0.25) is 23.9 Å². The van der Waals surface area contributed by atoms with E-state index in [0.29, 0.717) is 62.6 Å². The topological polar surface area (TPSA) is 122 Å². The third kappa shape index (κ3) is 4.94. The Morgan fingerprint density at radius 1 is 0.941 bits per heavy atom.